The molecular formula is C18H21NO. The number of benzene rings is 2. The smallest absolute Gasteiger partial charge is 0.122 e. The molecule has 2 aromatic carbocycles. The zero-order valence-corrected chi connectivity index (χ0v) is 11.7. The summed E-state index contributed by atoms with van der Waals surface area (Å²) < 4.78 is 5.87. The normalized spacial score (nSPS) is 17.4. The van der Waals surface area contributed by atoms with Crippen LogP contribution in [0.3, 0.4) is 0 Å². The molecular weight excluding hydrogens is 246 g/mol. The first-order valence-corrected chi connectivity index (χ1v) is 7.34. The van der Waals surface area contributed by atoms with Crippen LogP contribution in [0.5, 0.6) is 5.75 Å². The topological polar surface area (TPSA) is 35.2 Å². The van der Waals surface area contributed by atoms with Gasteiger partial charge in [0.25, 0.3) is 0 Å². The van der Waals surface area contributed by atoms with Crippen LogP contribution in [0.4, 0.5) is 0 Å². The van der Waals surface area contributed by atoms with E-state index in [9.17, 15) is 0 Å². The lowest BCUT2D eigenvalue weighted by Gasteiger charge is -2.25. The van der Waals surface area contributed by atoms with E-state index in [0.29, 0.717) is 12.5 Å². The number of rotatable bonds is 4. The quantitative estimate of drug-likeness (QED) is 0.924. The number of hydrogen-bond donors (Lipinski definition) is 1. The maximum Gasteiger partial charge on any atom is 0.122 e. The summed E-state index contributed by atoms with van der Waals surface area (Å²) in [6.07, 6.45) is 3.14. The van der Waals surface area contributed by atoms with Gasteiger partial charge in [-0.05, 0) is 48.6 Å². The first-order valence-electron chi connectivity index (χ1n) is 7.34. The second-order valence-electron chi connectivity index (χ2n) is 5.55. The second kappa shape index (κ2) is 6.10. The Bertz CT molecular complexity index is 579. The fraction of sp³-hybridized carbons (Fsp3) is 0.333. The molecule has 1 atom stereocenters. The van der Waals surface area contributed by atoms with Gasteiger partial charge in [-0.3, -0.25) is 0 Å². The number of fused-ring (bicyclic) bond motifs is 1. The average molecular weight is 267 g/mol. The van der Waals surface area contributed by atoms with E-state index in [1.54, 1.807) is 0 Å². The van der Waals surface area contributed by atoms with Crippen molar-refractivity contribution in [3.63, 3.8) is 0 Å². The Morgan fingerprint density at radius 2 is 1.90 bits per heavy atom. The summed E-state index contributed by atoms with van der Waals surface area (Å²) in [7, 11) is 0. The molecule has 104 valence electrons. The molecule has 0 saturated heterocycles. The molecule has 2 nitrogen and oxygen atoms in total. The van der Waals surface area contributed by atoms with E-state index in [1.807, 2.05) is 6.07 Å². The average Bonchev–Trinajstić information content (AvgIpc) is 2.48. The van der Waals surface area contributed by atoms with Gasteiger partial charge in [-0.25, -0.2) is 0 Å². The van der Waals surface area contributed by atoms with E-state index in [2.05, 4.69) is 42.5 Å². The van der Waals surface area contributed by atoms with Crippen molar-refractivity contribution in [2.45, 2.75) is 19.3 Å². The van der Waals surface area contributed by atoms with Crippen LogP contribution in [0, 0.1) is 5.92 Å². The molecule has 2 aromatic rings. The van der Waals surface area contributed by atoms with Gasteiger partial charge in [0, 0.05) is 5.92 Å². The van der Waals surface area contributed by atoms with E-state index in [0.717, 1.165) is 31.6 Å². The lowest BCUT2D eigenvalue weighted by atomic mass is 9.90. The predicted molar refractivity (Wildman–Crippen MR) is 82.0 cm³/mol. The Hall–Kier alpha value is -1.80. The van der Waals surface area contributed by atoms with Gasteiger partial charge in [0.1, 0.15) is 5.75 Å². The first kappa shape index (κ1) is 13.2. The molecule has 1 heterocycles. The summed E-state index contributed by atoms with van der Waals surface area (Å²) in [6.45, 7) is 1.53. The van der Waals surface area contributed by atoms with Crippen LogP contribution >= 0.6 is 0 Å². The second-order valence-corrected chi connectivity index (χ2v) is 5.55. The van der Waals surface area contributed by atoms with Crippen LogP contribution in [-0.4, -0.2) is 13.2 Å². The molecule has 0 aliphatic carbocycles. The SMILES string of the molecule is NCCc1cccc(CC2COc3ccccc3C2)c1. The number of ether oxygens (including phenoxy) is 1. The molecule has 0 radical (unpaired) electrons. The highest BCUT2D eigenvalue weighted by Gasteiger charge is 2.19. The molecule has 2 heteroatoms. The van der Waals surface area contributed by atoms with Gasteiger partial charge in [0.2, 0.25) is 0 Å². The van der Waals surface area contributed by atoms with Gasteiger partial charge in [-0.1, -0.05) is 42.5 Å². The number of para-hydroxylation sites is 1. The first-order chi connectivity index (χ1) is 9.85. The molecule has 0 fully saturated rings. The molecule has 0 aromatic heterocycles. The Morgan fingerprint density at radius 3 is 2.80 bits per heavy atom. The van der Waals surface area contributed by atoms with E-state index in [1.165, 1.54) is 16.7 Å². The Balaban J connectivity index is 1.69. The lowest BCUT2D eigenvalue weighted by Crippen LogP contribution is -2.22. The van der Waals surface area contributed by atoms with Crippen molar-refractivity contribution in [3.8, 4) is 5.75 Å². The molecule has 0 spiro atoms. The third kappa shape index (κ3) is 3.02. The van der Waals surface area contributed by atoms with Gasteiger partial charge < -0.3 is 10.5 Å². The van der Waals surface area contributed by atoms with Crippen LogP contribution < -0.4 is 10.5 Å². The standard InChI is InChI=1S/C18H21NO/c19-9-8-14-4-3-5-15(10-14)11-16-12-17-6-1-2-7-18(17)20-13-16/h1-7,10,16H,8-9,11-13,19H2. The van der Waals surface area contributed by atoms with Crippen molar-refractivity contribution in [1.82, 2.24) is 0 Å². The van der Waals surface area contributed by atoms with Crippen LogP contribution in [0.1, 0.15) is 16.7 Å². The number of hydrogen-bond acceptors (Lipinski definition) is 2. The van der Waals surface area contributed by atoms with Gasteiger partial charge >= 0.3 is 0 Å². The highest BCUT2D eigenvalue weighted by Crippen LogP contribution is 2.28. The molecule has 2 N–H and O–H groups in total. The Kier molecular flexibility index (Phi) is 4.03. The van der Waals surface area contributed by atoms with Crippen molar-refractivity contribution in [2.24, 2.45) is 11.7 Å². The highest BCUT2D eigenvalue weighted by molar-refractivity contribution is 5.35. The highest BCUT2D eigenvalue weighted by atomic mass is 16.5. The summed E-state index contributed by atoms with van der Waals surface area (Å²) in [5, 5.41) is 0. The summed E-state index contributed by atoms with van der Waals surface area (Å²) in [6, 6.07) is 17.1. The predicted octanol–water partition coefficient (Wildman–Crippen LogP) is 2.98. The molecule has 20 heavy (non-hydrogen) atoms. The molecule has 1 aliphatic rings. The lowest BCUT2D eigenvalue weighted by molar-refractivity contribution is 0.221. The van der Waals surface area contributed by atoms with Crippen molar-refractivity contribution < 1.29 is 4.74 Å². The van der Waals surface area contributed by atoms with Gasteiger partial charge in [0.15, 0.2) is 0 Å². The minimum Gasteiger partial charge on any atom is -0.493 e. The van der Waals surface area contributed by atoms with Crippen LogP contribution in [-0.2, 0) is 19.3 Å². The largest absolute Gasteiger partial charge is 0.493 e. The zero-order valence-electron chi connectivity index (χ0n) is 11.7. The van der Waals surface area contributed by atoms with Crippen LogP contribution in [0.2, 0.25) is 0 Å². The van der Waals surface area contributed by atoms with E-state index >= 15 is 0 Å². The summed E-state index contributed by atoms with van der Waals surface area (Å²) in [5.74, 6) is 1.62. The molecule has 1 aliphatic heterocycles. The summed E-state index contributed by atoms with van der Waals surface area (Å²) in [4.78, 5) is 0. The third-order valence-electron chi connectivity index (χ3n) is 3.90. The summed E-state index contributed by atoms with van der Waals surface area (Å²) >= 11 is 0. The minimum absolute atomic E-state index is 0.568. The van der Waals surface area contributed by atoms with Gasteiger partial charge in [0.05, 0.1) is 6.61 Å². The maximum atomic E-state index is 5.87. The Labute approximate surface area is 120 Å². The molecule has 1 unspecified atom stereocenters. The molecule has 0 amide bonds. The van der Waals surface area contributed by atoms with Gasteiger partial charge in [-0.15, -0.1) is 0 Å². The maximum absolute atomic E-state index is 5.87. The zero-order chi connectivity index (χ0) is 13.8. The van der Waals surface area contributed by atoms with Crippen molar-refractivity contribution >= 4 is 0 Å². The van der Waals surface area contributed by atoms with Crippen molar-refractivity contribution in [2.75, 3.05) is 13.2 Å². The molecule has 3 rings (SSSR count). The monoisotopic (exact) mass is 267 g/mol. The van der Waals surface area contributed by atoms with Crippen molar-refractivity contribution in [1.29, 1.82) is 0 Å². The fourth-order valence-electron chi connectivity index (χ4n) is 2.93. The molecule has 0 saturated carbocycles. The van der Waals surface area contributed by atoms with Crippen LogP contribution in [0.15, 0.2) is 48.5 Å². The third-order valence-corrected chi connectivity index (χ3v) is 3.90. The van der Waals surface area contributed by atoms with Gasteiger partial charge in [-0.2, -0.15) is 0 Å². The van der Waals surface area contributed by atoms with E-state index in [4.69, 9.17) is 10.5 Å². The Morgan fingerprint density at radius 1 is 1.05 bits per heavy atom. The van der Waals surface area contributed by atoms with Crippen LogP contribution in [0.25, 0.3) is 0 Å². The minimum atomic E-state index is 0.568. The van der Waals surface area contributed by atoms with E-state index in [-0.39, 0.29) is 0 Å². The molecule has 0 bridgehead atoms. The fourth-order valence-corrected chi connectivity index (χ4v) is 2.93. The summed E-state index contributed by atoms with van der Waals surface area (Å²) in [5.41, 5.74) is 9.69. The van der Waals surface area contributed by atoms with Crippen molar-refractivity contribution in [3.05, 3.63) is 65.2 Å². The number of nitrogens with two attached hydrogens (primary N) is 1. The van der Waals surface area contributed by atoms with E-state index < -0.39 is 0 Å².